The summed E-state index contributed by atoms with van der Waals surface area (Å²) in [6.45, 7) is 5.59. The molecule has 1 amide bonds. The van der Waals surface area contributed by atoms with Gasteiger partial charge in [-0.25, -0.2) is 8.42 Å². The van der Waals surface area contributed by atoms with Crippen LogP contribution in [0, 0.1) is 6.92 Å². The second kappa shape index (κ2) is 8.06. The van der Waals surface area contributed by atoms with Gasteiger partial charge in [0, 0.05) is 31.2 Å². The molecule has 1 saturated heterocycles. The van der Waals surface area contributed by atoms with E-state index in [0.29, 0.717) is 44.0 Å². The maximum Gasteiger partial charge on any atom is 0.251 e. The lowest BCUT2D eigenvalue weighted by Crippen LogP contribution is -2.41. The van der Waals surface area contributed by atoms with E-state index < -0.39 is 10.0 Å². The number of ether oxygens (including phenoxy) is 1. The molecule has 0 saturated carbocycles. The molecule has 1 fully saturated rings. The molecular weight excluding hydrogens is 330 g/mol. The van der Waals surface area contributed by atoms with Crippen LogP contribution in [0.25, 0.3) is 0 Å². The smallest absolute Gasteiger partial charge is 0.251 e. The minimum Gasteiger partial charge on any atom is -0.379 e. The lowest BCUT2D eigenvalue weighted by atomic mass is 10.1. The SMILES string of the molecule is CNC(C)CNC(=O)c1ccc(C)c(S(=O)(=O)N2CCOCC2)c1. The molecule has 0 radical (unpaired) electrons. The maximum atomic E-state index is 12.8. The highest BCUT2D eigenvalue weighted by molar-refractivity contribution is 7.89. The molecule has 24 heavy (non-hydrogen) atoms. The average Bonchev–Trinajstić information content (AvgIpc) is 2.60. The molecule has 1 aliphatic rings. The van der Waals surface area contributed by atoms with Gasteiger partial charge in [0.25, 0.3) is 5.91 Å². The Morgan fingerprint density at radius 1 is 1.33 bits per heavy atom. The van der Waals surface area contributed by atoms with Crippen molar-refractivity contribution in [1.82, 2.24) is 14.9 Å². The predicted octanol–water partition coefficient (Wildman–Crippen LogP) is 0.354. The lowest BCUT2D eigenvalue weighted by Gasteiger charge is -2.26. The van der Waals surface area contributed by atoms with Gasteiger partial charge in [-0.1, -0.05) is 6.07 Å². The van der Waals surface area contributed by atoms with Crippen molar-refractivity contribution < 1.29 is 17.9 Å². The van der Waals surface area contributed by atoms with Crippen LogP contribution in [0.4, 0.5) is 0 Å². The first kappa shape index (κ1) is 18.9. The van der Waals surface area contributed by atoms with Crippen LogP contribution in [0.2, 0.25) is 0 Å². The average molecular weight is 355 g/mol. The van der Waals surface area contributed by atoms with E-state index in [4.69, 9.17) is 4.74 Å². The molecule has 8 heteroatoms. The standard InChI is InChI=1S/C16H25N3O4S/c1-12-4-5-14(16(20)18-11-13(2)17-3)10-15(12)24(21,22)19-6-8-23-9-7-19/h4-5,10,13,17H,6-9,11H2,1-3H3,(H,18,20). The molecule has 1 aromatic carbocycles. The van der Waals surface area contributed by atoms with Crippen molar-refractivity contribution in [2.75, 3.05) is 39.9 Å². The molecule has 134 valence electrons. The largest absolute Gasteiger partial charge is 0.379 e. The van der Waals surface area contributed by atoms with Crippen LogP contribution in [0.5, 0.6) is 0 Å². The topological polar surface area (TPSA) is 87.7 Å². The zero-order valence-electron chi connectivity index (χ0n) is 14.3. The number of carbonyl (C=O) groups excluding carboxylic acids is 1. The molecule has 0 spiro atoms. The summed E-state index contributed by atoms with van der Waals surface area (Å²) < 4.78 is 32.3. The molecule has 7 nitrogen and oxygen atoms in total. The van der Waals surface area contributed by atoms with Crippen molar-refractivity contribution in [1.29, 1.82) is 0 Å². The van der Waals surface area contributed by atoms with E-state index in [-0.39, 0.29) is 16.8 Å². The number of nitrogens with zero attached hydrogens (tertiary/aromatic N) is 1. The fourth-order valence-corrected chi connectivity index (χ4v) is 4.05. The highest BCUT2D eigenvalue weighted by Crippen LogP contribution is 2.22. The molecule has 1 unspecified atom stereocenters. The molecule has 0 aromatic heterocycles. The summed E-state index contributed by atoms with van der Waals surface area (Å²) in [4.78, 5) is 12.4. The van der Waals surface area contributed by atoms with Crippen LogP contribution < -0.4 is 10.6 Å². The number of hydrogen-bond donors (Lipinski definition) is 2. The van der Waals surface area contributed by atoms with Crippen molar-refractivity contribution >= 4 is 15.9 Å². The molecule has 0 bridgehead atoms. The monoisotopic (exact) mass is 355 g/mol. The van der Waals surface area contributed by atoms with Crippen molar-refractivity contribution in [2.24, 2.45) is 0 Å². The number of morpholine rings is 1. The number of hydrogen-bond acceptors (Lipinski definition) is 5. The molecular formula is C16H25N3O4S. The number of likely N-dealkylation sites (N-methyl/N-ethyl adjacent to an activating group) is 1. The Hall–Kier alpha value is -1.48. The van der Waals surface area contributed by atoms with Crippen molar-refractivity contribution in [3.63, 3.8) is 0 Å². The van der Waals surface area contributed by atoms with E-state index in [1.54, 1.807) is 19.1 Å². The molecule has 1 aliphatic heterocycles. The van der Waals surface area contributed by atoms with Crippen LogP contribution in [-0.2, 0) is 14.8 Å². The quantitative estimate of drug-likeness (QED) is 0.769. The summed E-state index contributed by atoms with van der Waals surface area (Å²) >= 11 is 0. The van der Waals surface area contributed by atoms with Gasteiger partial charge < -0.3 is 15.4 Å². The van der Waals surface area contributed by atoms with Crippen LogP contribution in [-0.4, -0.2) is 64.6 Å². The van der Waals surface area contributed by atoms with Gasteiger partial charge in [-0.15, -0.1) is 0 Å². The molecule has 1 aromatic rings. The minimum absolute atomic E-state index is 0.135. The van der Waals surface area contributed by atoms with Crippen LogP contribution >= 0.6 is 0 Å². The van der Waals surface area contributed by atoms with Crippen molar-refractivity contribution in [3.8, 4) is 0 Å². The number of rotatable bonds is 6. The fraction of sp³-hybridized carbons (Fsp3) is 0.562. The first-order chi connectivity index (χ1) is 11.4. The maximum absolute atomic E-state index is 12.8. The van der Waals surface area contributed by atoms with Gasteiger partial charge in [-0.05, 0) is 38.6 Å². The number of benzene rings is 1. The molecule has 1 heterocycles. The highest BCUT2D eigenvalue weighted by atomic mass is 32.2. The van der Waals surface area contributed by atoms with E-state index in [9.17, 15) is 13.2 Å². The predicted molar refractivity (Wildman–Crippen MR) is 91.6 cm³/mol. The Morgan fingerprint density at radius 2 is 2.00 bits per heavy atom. The Bertz CT molecular complexity index is 685. The first-order valence-electron chi connectivity index (χ1n) is 8.00. The summed E-state index contributed by atoms with van der Waals surface area (Å²) in [6, 6.07) is 4.91. The Balaban J connectivity index is 2.23. The van der Waals surface area contributed by atoms with Gasteiger partial charge in [-0.2, -0.15) is 4.31 Å². The molecule has 1 atom stereocenters. The van der Waals surface area contributed by atoms with E-state index >= 15 is 0 Å². The second-order valence-electron chi connectivity index (χ2n) is 5.90. The van der Waals surface area contributed by atoms with Crippen LogP contribution in [0.3, 0.4) is 0 Å². The summed E-state index contributed by atoms with van der Waals surface area (Å²) in [5.41, 5.74) is 0.970. The number of carbonyl (C=O) groups is 1. The normalized spacial score (nSPS) is 17.5. The van der Waals surface area contributed by atoms with Gasteiger partial charge in [-0.3, -0.25) is 4.79 Å². The van der Waals surface area contributed by atoms with Gasteiger partial charge in [0.2, 0.25) is 10.0 Å². The van der Waals surface area contributed by atoms with Gasteiger partial charge in [0.05, 0.1) is 18.1 Å². The van der Waals surface area contributed by atoms with Crippen LogP contribution in [0.15, 0.2) is 23.1 Å². The molecule has 0 aliphatic carbocycles. The lowest BCUT2D eigenvalue weighted by molar-refractivity contribution is 0.0730. The summed E-state index contributed by atoms with van der Waals surface area (Å²) in [5.74, 6) is -0.282. The van der Waals surface area contributed by atoms with Gasteiger partial charge in [0.15, 0.2) is 0 Å². The van der Waals surface area contributed by atoms with E-state index in [1.807, 2.05) is 14.0 Å². The van der Waals surface area contributed by atoms with E-state index in [0.717, 1.165) is 0 Å². The van der Waals surface area contributed by atoms with E-state index in [1.165, 1.54) is 10.4 Å². The first-order valence-corrected chi connectivity index (χ1v) is 9.44. The number of sulfonamides is 1. The third-order valence-corrected chi connectivity index (χ3v) is 6.14. The fourth-order valence-electron chi connectivity index (χ4n) is 2.40. The molecule has 2 N–H and O–H groups in total. The van der Waals surface area contributed by atoms with Crippen molar-refractivity contribution in [3.05, 3.63) is 29.3 Å². The van der Waals surface area contributed by atoms with Crippen LogP contribution in [0.1, 0.15) is 22.8 Å². The van der Waals surface area contributed by atoms with Crippen molar-refractivity contribution in [2.45, 2.75) is 24.8 Å². The highest BCUT2D eigenvalue weighted by Gasteiger charge is 2.28. The number of nitrogens with one attached hydrogen (secondary N) is 2. The molecule has 2 rings (SSSR count). The Kier molecular flexibility index (Phi) is 6.34. The number of aryl methyl sites for hydroxylation is 1. The number of amides is 1. The zero-order valence-corrected chi connectivity index (χ0v) is 15.1. The van der Waals surface area contributed by atoms with E-state index in [2.05, 4.69) is 10.6 Å². The van der Waals surface area contributed by atoms with Gasteiger partial charge in [0.1, 0.15) is 0 Å². The zero-order chi connectivity index (χ0) is 17.7. The minimum atomic E-state index is -3.62. The summed E-state index contributed by atoms with van der Waals surface area (Å²) in [6.07, 6.45) is 0. The van der Waals surface area contributed by atoms with Gasteiger partial charge >= 0.3 is 0 Å². The summed E-state index contributed by atoms with van der Waals surface area (Å²) in [7, 11) is -1.81. The second-order valence-corrected chi connectivity index (χ2v) is 7.80. The third kappa shape index (κ3) is 4.32. The Morgan fingerprint density at radius 3 is 2.62 bits per heavy atom. The summed E-state index contributed by atoms with van der Waals surface area (Å²) in [5, 5.41) is 5.83. The third-order valence-electron chi connectivity index (χ3n) is 4.10. The Labute approximate surface area is 143 Å².